The largest absolute Gasteiger partial charge is 0.480 e. The molecule has 1 fully saturated rings. The van der Waals surface area contributed by atoms with Crippen LogP contribution in [0.25, 0.3) is 0 Å². The van der Waals surface area contributed by atoms with Gasteiger partial charge in [0.2, 0.25) is 5.12 Å². The van der Waals surface area contributed by atoms with E-state index in [1.54, 1.807) is 7.05 Å². The number of hydrogen-bond acceptors (Lipinski definition) is 5. The Labute approximate surface area is 80.4 Å². The molecule has 1 rings (SSSR count). The summed E-state index contributed by atoms with van der Waals surface area (Å²) in [4.78, 5) is 11.8. The Bertz CT molecular complexity index is 209. The molecule has 1 unspecified atom stereocenters. The maximum absolute atomic E-state index is 10.4. The number of carboxylic acids is 1. The highest BCUT2D eigenvalue weighted by Crippen LogP contribution is 2.36. The Morgan fingerprint density at radius 2 is 2.31 bits per heavy atom. The lowest BCUT2D eigenvalue weighted by Gasteiger charge is -2.30. The summed E-state index contributed by atoms with van der Waals surface area (Å²) in [5.41, 5.74) is 0. The predicted octanol–water partition coefficient (Wildman–Crippen LogP) is -0.853. The first-order valence-corrected chi connectivity index (χ1v) is 4.93. The molecule has 0 spiro atoms. The molecular weight excluding hydrogens is 194 g/mol. The minimum atomic E-state index is -1.80. The van der Waals surface area contributed by atoms with Crippen molar-refractivity contribution in [1.29, 1.82) is 0 Å². The van der Waals surface area contributed by atoms with Crippen LogP contribution in [-0.4, -0.2) is 56.7 Å². The van der Waals surface area contributed by atoms with Gasteiger partial charge in [-0.3, -0.25) is 9.69 Å². The summed E-state index contributed by atoms with van der Waals surface area (Å²) < 4.78 is 0. The Hall–Kier alpha value is -0.300. The van der Waals surface area contributed by atoms with Crippen molar-refractivity contribution < 1.29 is 20.1 Å². The Morgan fingerprint density at radius 1 is 1.69 bits per heavy atom. The maximum atomic E-state index is 10.4. The zero-order valence-electron chi connectivity index (χ0n) is 7.30. The topological polar surface area (TPSA) is 81.0 Å². The third-order valence-electron chi connectivity index (χ3n) is 2.06. The van der Waals surface area contributed by atoms with Crippen LogP contribution in [0.4, 0.5) is 0 Å². The van der Waals surface area contributed by atoms with Crippen LogP contribution < -0.4 is 0 Å². The molecule has 6 heteroatoms. The van der Waals surface area contributed by atoms with E-state index in [0.717, 1.165) is 11.8 Å². The standard InChI is InChI=1S/C7H13NO4S/c1-8(4-6(9)10)5-2-3-13-7(5,11)12/h5,11-12H,2-4H2,1H3,(H,9,10). The van der Waals surface area contributed by atoms with Crippen LogP contribution in [0, 0.1) is 0 Å². The van der Waals surface area contributed by atoms with Crippen LogP contribution in [0.5, 0.6) is 0 Å². The second-order valence-corrected chi connectivity index (χ2v) is 4.42. The van der Waals surface area contributed by atoms with Gasteiger partial charge in [0, 0.05) is 5.75 Å². The monoisotopic (exact) mass is 207 g/mol. The fourth-order valence-corrected chi connectivity index (χ4v) is 2.57. The zero-order valence-corrected chi connectivity index (χ0v) is 8.12. The van der Waals surface area contributed by atoms with Crippen LogP contribution in [-0.2, 0) is 4.79 Å². The quantitative estimate of drug-likeness (QED) is 0.523. The van der Waals surface area contributed by atoms with Crippen molar-refractivity contribution in [3.05, 3.63) is 0 Å². The van der Waals surface area contributed by atoms with E-state index in [1.165, 1.54) is 4.90 Å². The summed E-state index contributed by atoms with van der Waals surface area (Å²) in [7, 11) is 1.58. The van der Waals surface area contributed by atoms with Crippen molar-refractivity contribution >= 4 is 17.7 Å². The number of hydrogen-bond donors (Lipinski definition) is 3. The van der Waals surface area contributed by atoms with Gasteiger partial charge in [0.1, 0.15) is 0 Å². The lowest BCUT2D eigenvalue weighted by atomic mass is 10.2. The molecule has 0 amide bonds. The van der Waals surface area contributed by atoms with Gasteiger partial charge in [-0.15, -0.1) is 0 Å². The number of carboxylic acid groups (broad SMARTS) is 1. The van der Waals surface area contributed by atoms with Gasteiger partial charge in [0.25, 0.3) is 0 Å². The lowest BCUT2D eigenvalue weighted by molar-refractivity contribution is -0.145. The SMILES string of the molecule is CN(CC(=O)O)C1CCSC1(O)O. The van der Waals surface area contributed by atoms with Crippen LogP contribution in [0.15, 0.2) is 0 Å². The highest BCUT2D eigenvalue weighted by Gasteiger charge is 2.43. The molecule has 13 heavy (non-hydrogen) atoms. The van der Waals surface area contributed by atoms with Crippen molar-refractivity contribution in [3.63, 3.8) is 0 Å². The number of likely N-dealkylation sites (N-methyl/N-ethyl adjacent to an activating group) is 1. The molecule has 1 aliphatic heterocycles. The van der Waals surface area contributed by atoms with E-state index in [-0.39, 0.29) is 6.54 Å². The molecule has 0 saturated carbocycles. The van der Waals surface area contributed by atoms with Crippen LogP contribution in [0.3, 0.4) is 0 Å². The van der Waals surface area contributed by atoms with Gasteiger partial charge < -0.3 is 15.3 Å². The first kappa shape index (κ1) is 10.8. The summed E-state index contributed by atoms with van der Waals surface area (Å²) in [6, 6.07) is -0.492. The molecule has 1 saturated heterocycles. The van der Waals surface area contributed by atoms with Gasteiger partial charge in [-0.05, 0) is 13.5 Å². The molecule has 0 aliphatic carbocycles. The van der Waals surface area contributed by atoms with Crippen molar-refractivity contribution in [2.45, 2.75) is 17.6 Å². The number of rotatable bonds is 3. The summed E-state index contributed by atoms with van der Waals surface area (Å²) >= 11 is 1.04. The second kappa shape index (κ2) is 3.83. The highest BCUT2D eigenvalue weighted by molar-refractivity contribution is 8.00. The molecule has 0 radical (unpaired) electrons. The Kier molecular flexibility index (Phi) is 3.18. The fraction of sp³-hybridized carbons (Fsp3) is 0.857. The number of aliphatic hydroxyl groups is 2. The van der Waals surface area contributed by atoms with Crippen molar-refractivity contribution in [1.82, 2.24) is 4.90 Å². The molecule has 1 atom stereocenters. The van der Waals surface area contributed by atoms with Crippen LogP contribution >= 0.6 is 11.8 Å². The van der Waals surface area contributed by atoms with E-state index in [0.29, 0.717) is 12.2 Å². The van der Waals surface area contributed by atoms with Gasteiger partial charge in [-0.25, -0.2) is 0 Å². The first-order chi connectivity index (χ1) is 5.93. The minimum absolute atomic E-state index is 0.173. The molecule has 3 N–H and O–H groups in total. The van der Waals surface area contributed by atoms with E-state index in [1.807, 2.05) is 0 Å². The lowest BCUT2D eigenvalue weighted by Crippen LogP contribution is -2.47. The second-order valence-electron chi connectivity index (χ2n) is 3.12. The van der Waals surface area contributed by atoms with E-state index in [2.05, 4.69) is 0 Å². The Morgan fingerprint density at radius 3 is 2.69 bits per heavy atom. The van der Waals surface area contributed by atoms with Crippen molar-refractivity contribution in [2.24, 2.45) is 0 Å². The predicted molar refractivity (Wildman–Crippen MR) is 48.3 cm³/mol. The third kappa shape index (κ3) is 2.57. The average molecular weight is 207 g/mol. The molecule has 0 aromatic carbocycles. The van der Waals surface area contributed by atoms with Gasteiger partial charge in [-0.1, -0.05) is 11.8 Å². The minimum Gasteiger partial charge on any atom is -0.480 e. The summed E-state index contributed by atoms with van der Waals surface area (Å²) in [5.74, 6) is -0.322. The van der Waals surface area contributed by atoms with Gasteiger partial charge in [0.05, 0.1) is 12.6 Å². The Balaban J connectivity index is 2.55. The molecule has 76 valence electrons. The number of nitrogens with zero attached hydrogens (tertiary/aromatic N) is 1. The molecular formula is C7H13NO4S. The van der Waals surface area contributed by atoms with E-state index in [9.17, 15) is 15.0 Å². The van der Waals surface area contributed by atoms with Crippen molar-refractivity contribution in [2.75, 3.05) is 19.3 Å². The highest BCUT2D eigenvalue weighted by atomic mass is 32.2. The molecule has 0 aromatic rings. The summed E-state index contributed by atoms with van der Waals surface area (Å²) in [5, 5.41) is 25.5. The first-order valence-electron chi connectivity index (χ1n) is 3.94. The zero-order chi connectivity index (χ0) is 10.1. The summed E-state index contributed by atoms with van der Waals surface area (Å²) in [6.45, 7) is -0.173. The van der Waals surface area contributed by atoms with Gasteiger partial charge >= 0.3 is 5.97 Å². The fourth-order valence-electron chi connectivity index (χ4n) is 1.44. The van der Waals surface area contributed by atoms with E-state index >= 15 is 0 Å². The normalized spacial score (nSPS) is 26.6. The maximum Gasteiger partial charge on any atom is 0.317 e. The molecule has 1 aliphatic rings. The average Bonchev–Trinajstić information content (AvgIpc) is 2.27. The smallest absolute Gasteiger partial charge is 0.317 e. The van der Waals surface area contributed by atoms with Crippen LogP contribution in [0.2, 0.25) is 0 Å². The molecule has 1 heterocycles. The number of thioether (sulfide) groups is 1. The number of aliphatic carboxylic acids is 1. The van der Waals surface area contributed by atoms with Crippen LogP contribution in [0.1, 0.15) is 6.42 Å². The number of carbonyl (C=O) groups is 1. The molecule has 5 nitrogen and oxygen atoms in total. The van der Waals surface area contributed by atoms with Crippen molar-refractivity contribution in [3.8, 4) is 0 Å². The van der Waals surface area contributed by atoms with Gasteiger partial charge in [-0.2, -0.15) is 0 Å². The molecule has 0 aromatic heterocycles. The summed E-state index contributed by atoms with van der Waals surface area (Å²) in [6.07, 6.45) is 0.599. The third-order valence-corrected chi connectivity index (χ3v) is 3.19. The van der Waals surface area contributed by atoms with E-state index in [4.69, 9.17) is 5.11 Å². The van der Waals surface area contributed by atoms with Gasteiger partial charge in [0.15, 0.2) is 0 Å². The molecule has 0 bridgehead atoms. The van der Waals surface area contributed by atoms with E-state index < -0.39 is 17.1 Å².